The highest BCUT2D eigenvalue weighted by Gasteiger charge is 2.09. The summed E-state index contributed by atoms with van der Waals surface area (Å²) < 4.78 is 0. The van der Waals surface area contributed by atoms with Gasteiger partial charge in [0, 0.05) is 25.5 Å². The molecule has 0 amide bonds. The van der Waals surface area contributed by atoms with E-state index in [1.807, 2.05) is 12.1 Å². The fraction of sp³-hybridized carbons (Fsp3) is 0.250. The highest BCUT2D eigenvalue weighted by Crippen LogP contribution is 2.31. The number of nitrogens with zero attached hydrogens (tertiary/aromatic N) is 1. The molecule has 0 fully saturated rings. The van der Waals surface area contributed by atoms with Crippen LogP contribution in [0, 0.1) is 13.8 Å². The highest BCUT2D eigenvalue weighted by molar-refractivity contribution is 5.85. The second kappa shape index (κ2) is 10.3. The lowest BCUT2D eigenvalue weighted by Crippen LogP contribution is -2.11. The highest BCUT2D eigenvalue weighted by atomic mass is 35.5. The van der Waals surface area contributed by atoms with Gasteiger partial charge in [0.1, 0.15) is 0 Å². The van der Waals surface area contributed by atoms with E-state index < -0.39 is 0 Å². The van der Waals surface area contributed by atoms with Crippen molar-refractivity contribution in [2.75, 3.05) is 24.7 Å². The summed E-state index contributed by atoms with van der Waals surface area (Å²) in [6.45, 7) is 4.35. The molecule has 6 N–H and O–H groups in total. The molecule has 0 aliphatic rings. The third-order valence-corrected chi connectivity index (χ3v) is 3.46. The van der Waals surface area contributed by atoms with Gasteiger partial charge < -0.3 is 21.6 Å². The summed E-state index contributed by atoms with van der Waals surface area (Å²) in [4.78, 5) is 2.15. The Morgan fingerprint density at radius 2 is 1.27 bits per heavy atom. The van der Waals surface area contributed by atoms with Gasteiger partial charge in [0.15, 0.2) is 0 Å². The van der Waals surface area contributed by atoms with Crippen LogP contribution in [0.3, 0.4) is 0 Å². The molecule has 0 aliphatic heterocycles. The lowest BCUT2D eigenvalue weighted by molar-refractivity contribution is 0.823. The van der Waals surface area contributed by atoms with Crippen molar-refractivity contribution in [3.05, 3.63) is 47.5 Å². The van der Waals surface area contributed by atoms with E-state index >= 15 is 0 Å². The third-order valence-electron chi connectivity index (χ3n) is 3.46. The molecule has 2 rings (SSSR count). The Morgan fingerprint density at radius 1 is 0.773 bits per heavy atom. The normalized spacial score (nSPS) is 8.55. The SMILES string of the molecule is Cc1c(-c2ccc(N)cc2)ccc(N(C)C)c1C.Cl.Cl.O.O. The number of benzene rings is 2. The maximum atomic E-state index is 5.73. The fourth-order valence-corrected chi connectivity index (χ4v) is 2.27. The van der Waals surface area contributed by atoms with Crippen molar-refractivity contribution >= 4 is 36.2 Å². The summed E-state index contributed by atoms with van der Waals surface area (Å²) >= 11 is 0. The Labute approximate surface area is 144 Å². The zero-order valence-corrected chi connectivity index (χ0v) is 14.9. The number of halogens is 2. The van der Waals surface area contributed by atoms with Crippen LogP contribution in [0.15, 0.2) is 36.4 Å². The van der Waals surface area contributed by atoms with Crippen LogP contribution in [0.5, 0.6) is 0 Å². The van der Waals surface area contributed by atoms with Gasteiger partial charge >= 0.3 is 0 Å². The molecule has 2 aromatic rings. The standard InChI is InChI=1S/C16H20N2.2ClH.2H2O/c1-11-12(2)16(18(3)4)10-9-15(11)13-5-7-14(17)8-6-13;;;;/h5-10H,17H2,1-4H3;2*1H;2*1H2. The Kier molecular flexibility index (Phi) is 11.9. The van der Waals surface area contributed by atoms with Crippen LogP contribution in [0.1, 0.15) is 11.1 Å². The Morgan fingerprint density at radius 3 is 1.73 bits per heavy atom. The van der Waals surface area contributed by atoms with E-state index in [0.29, 0.717) is 0 Å². The minimum atomic E-state index is 0. The number of nitrogens with two attached hydrogens (primary N) is 1. The Hall–Kier alpha value is -1.46. The molecule has 0 saturated carbocycles. The number of hydrogen-bond donors (Lipinski definition) is 1. The summed E-state index contributed by atoms with van der Waals surface area (Å²) in [6.07, 6.45) is 0. The molecule has 126 valence electrons. The lowest BCUT2D eigenvalue weighted by Gasteiger charge is -2.19. The van der Waals surface area contributed by atoms with E-state index in [0.717, 1.165) is 5.69 Å². The van der Waals surface area contributed by atoms with Gasteiger partial charge in [0.25, 0.3) is 0 Å². The third kappa shape index (κ3) is 5.07. The van der Waals surface area contributed by atoms with Crippen molar-refractivity contribution in [2.24, 2.45) is 0 Å². The smallest absolute Gasteiger partial charge is 0.0393 e. The number of nitrogen functional groups attached to an aromatic ring is 1. The number of anilines is 2. The first-order valence-electron chi connectivity index (χ1n) is 6.14. The maximum absolute atomic E-state index is 5.73. The molecule has 0 spiro atoms. The second-order valence-corrected chi connectivity index (χ2v) is 4.90. The van der Waals surface area contributed by atoms with E-state index in [-0.39, 0.29) is 35.8 Å². The van der Waals surface area contributed by atoms with Gasteiger partial charge in [0.05, 0.1) is 0 Å². The molecule has 0 aliphatic carbocycles. The summed E-state index contributed by atoms with van der Waals surface area (Å²) in [5.41, 5.74) is 13.0. The van der Waals surface area contributed by atoms with Crippen LogP contribution in [-0.4, -0.2) is 25.0 Å². The van der Waals surface area contributed by atoms with Crippen molar-refractivity contribution in [3.63, 3.8) is 0 Å². The lowest BCUT2D eigenvalue weighted by atomic mass is 9.95. The molecular formula is C16H26Cl2N2O2. The van der Waals surface area contributed by atoms with Crippen LogP contribution < -0.4 is 10.6 Å². The largest absolute Gasteiger partial charge is 0.412 e. The van der Waals surface area contributed by atoms with Crippen molar-refractivity contribution in [1.82, 2.24) is 0 Å². The zero-order valence-electron chi connectivity index (χ0n) is 13.3. The van der Waals surface area contributed by atoms with Gasteiger partial charge in [-0.25, -0.2) is 0 Å². The molecule has 0 heterocycles. The maximum Gasteiger partial charge on any atom is 0.0393 e. The molecule has 0 bridgehead atoms. The first kappa shape index (κ1) is 25.5. The van der Waals surface area contributed by atoms with Crippen molar-refractivity contribution in [1.29, 1.82) is 0 Å². The zero-order chi connectivity index (χ0) is 13.3. The summed E-state index contributed by atoms with van der Waals surface area (Å²) in [5, 5.41) is 0. The van der Waals surface area contributed by atoms with Crippen LogP contribution >= 0.6 is 24.8 Å². The summed E-state index contributed by atoms with van der Waals surface area (Å²) in [7, 11) is 4.15. The molecule has 0 radical (unpaired) electrons. The Balaban J connectivity index is -0.000000902. The quantitative estimate of drug-likeness (QED) is 0.845. The average molecular weight is 349 g/mol. The topological polar surface area (TPSA) is 92.3 Å². The van der Waals surface area contributed by atoms with Crippen molar-refractivity contribution < 1.29 is 11.0 Å². The molecule has 0 unspecified atom stereocenters. The van der Waals surface area contributed by atoms with Crippen molar-refractivity contribution in [3.8, 4) is 11.1 Å². The van der Waals surface area contributed by atoms with Crippen LogP contribution in [0.2, 0.25) is 0 Å². The fourth-order valence-electron chi connectivity index (χ4n) is 2.27. The van der Waals surface area contributed by atoms with E-state index in [1.165, 1.54) is 27.9 Å². The first-order valence-corrected chi connectivity index (χ1v) is 6.14. The van der Waals surface area contributed by atoms with Gasteiger partial charge in [-0.3, -0.25) is 0 Å². The molecule has 4 nitrogen and oxygen atoms in total. The molecular weight excluding hydrogens is 323 g/mol. The molecule has 0 saturated heterocycles. The van der Waals surface area contributed by atoms with E-state index in [1.54, 1.807) is 0 Å². The van der Waals surface area contributed by atoms with Crippen LogP contribution in [0.25, 0.3) is 11.1 Å². The van der Waals surface area contributed by atoms with Crippen molar-refractivity contribution in [2.45, 2.75) is 13.8 Å². The van der Waals surface area contributed by atoms with E-state index in [9.17, 15) is 0 Å². The molecule has 6 heteroatoms. The minimum absolute atomic E-state index is 0. The molecule has 0 aromatic heterocycles. The van der Waals surface area contributed by atoms with Gasteiger partial charge in [-0.05, 0) is 54.3 Å². The second-order valence-electron chi connectivity index (χ2n) is 4.90. The average Bonchev–Trinajstić information content (AvgIpc) is 2.33. The Bertz CT molecular complexity index is 573. The summed E-state index contributed by atoms with van der Waals surface area (Å²) in [6, 6.07) is 12.4. The summed E-state index contributed by atoms with van der Waals surface area (Å²) in [5.74, 6) is 0. The molecule has 2 aromatic carbocycles. The van der Waals surface area contributed by atoms with Crippen LogP contribution in [0.4, 0.5) is 11.4 Å². The van der Waals surface area contributed by atoms with Crippen LogP contribution in [-0.2, 0) is 0 Å². The van der Waals surface area contributed by atoms with Gasteiger partial charge in [-0.2, -0.15) is 0 Å². The first-order chi connectivity index (χ1) is 8.50. The predicted octanol–water partition coefficient (Wildman–Crippen LogP) is 2.81. The minimum Gasteiger partial charge on any atom is -0.412 e. The number of hydrogen-bond acceptors (Lipinski definition) is 2. The predicted molar refractivity (Wildman–Crippen MR) is 102 cm³/mol. The molecule has 22 heavy (non-hydrogen) atoms. The van der Waals surface area contributed by atoms with Gasteiger partial charge in [-0.1, -0.05) is 18.2 Å². The van der Waals surface area contributed by atoms with Gasteiger partial charge in [-0.15, -0.1) is 24.8 Å². The van der Waals surface area contributed by atoms with Gasteiger partial charge in [0.2, 0.25) is 0 Å². The number of rotatable bonds is 2. The van der Waals surface area contributed by atoms with E-state index in [2.05, 4.69) is 57.1 Å². The monoisotopic (exact) mass is 348 g/mol. The molecule has 0 atom stereocenters. The van der Waals surface area contributed by atoms with E-state index in [4.69, 9.17) is 5.73 Å².